The highest BCUT2D eigenvalue weighted by Crippen LogP contribution is 2.31. The summed E-state index contributed by atoms with van der Waals surface area (Å²) in [5.74, 6) is 1.23. The number of aliphatic imine (C=N–C) groups is 1. The summed E-state index contributed by atoms with van der Waals surface area (Å²) in [5.41, 5.74) is 1.44. The maximum Gasteiger partial charge on any atom is 0.284 e. The van der Waals surface area contributed by atoms with Crippen molar-refractivity contribution in [2.75, 3.05) is 14.2 Å². The number of nitrogens with zero attached hydrogens (tertiary/aromatic N) is 2. The highest BCUT2D eigenvalue weighted by molar-refractivity contribution is 9.10. The van der Waals surface area contributed by atoms with E-state index in [4.69, 9.17) is 9.47 Å². The van der Waals surface area contributed by atoms with E-state index in [-0.39, 0.29) is 5.69 Å². The second kappa shape index (κ2) is 8.26. The van der Waals surface area contributed by atoms with Gasteiger partial charge in [0.2, 0.25) is 0 Å². The molecule has 6 nitrogen and oxygen atoms in total. The first kappa shape index (κ1) is 17.7. The van der Waals surface area contributed by atoms with Crippen molar-refractivity contribution in [3.05, 3.63) is 62.6 Å². The van der Waals surface area contributed by atoms with Crippen LogP contribution >= 0.6 is 15.9 Å². The summed E-state index contributed by atoms with van der Waals surface area (Å²) in [6.07, 6.45) is 5.06. The lowest BCUT2D eigenvalue weighted by atomic mass is 10.2. The smallest absolute Gasteiger partial charge is 0.284 e. The highest BCUT2D eigenvalue weighted by atomic mass is 79.9. The van der Waals surface area contributed by atoms with Crippen LogP contribution in [0.25, 0.3) is 6.08 Å². The molecular formula is C17H15BrN2O4. The molecule has 0 N–H and O–H groups in total. The number of benzene rings is 2. The molecule has 0 aromatic heterocycles. The van der Waals surface area contributed by atoms with Gasteiger partial charge in [-0.1, -0.05) is 12.1 Å². The lowest BCUT2D eigenvalue weighted by Gasteiger charge is -2.06. The van der Waals surface area contributed by atoms with Gasteiger partial charge in [-0.3, -0.25) is 15.1 Å². The van der Waals surface area contributed by atoms with Gasteiger partial charge in [-0.05, 0) is 45.8 Å². The Morgan fingerprint density at radius 3 is 2.54 bits per heavy atom. The average Bonchev–Trinajstić information content (AvgIpc) is 2.59. The molecule has 2 rings (SSSR count). The molecule has 7 heteroatoms. The van der Waals surface area contributed by atoms with E-state index in [9.17, 15) is 10.1 Å². The van der Waals surface area contributed by atoms with Crippen LogP contribution in [0.15, 0.2) is 51.9 Å². The van der Waals surface area contributed by atoms with Gasteiger partial charge < -0.3 is 9.47 Å². The van der Waals surface area contributed by atoms with Crippen molar-refractivity contribution in [2.24, 2.45) is 4.99 Å². The van der Waals surface area contributed by atoms with Gasteiger partial charge in [0.05, 0.1) is 29.3 Å². The number of hydrogen-bond acceptors (Lipinski definition) is 5. The van der Waals surface area contributed by atoms with Crippen LogP contribution in [-0.2, 0) is 0 Å². The Morgan fingerprint density at radius 2 is 1.88 bits per heavy atom. The summed E-state index contributed by atoms with van der Waals surface area (Å²) < 4.78 is 10.8. The Morgan fingerprint density at radius 1 is 1.12 bits per heavy atom. The minimum atomic E-state index is -0.431. The lowest BCUT2D eigenvalue weighted by Crippen LogP contribution is -1.89. The fraction of sp³-hybridized carbons (Fsp3) is 0.118. The van der Waals surface area contributed by atoms with Crippen molar-refractivity contribution < 1.29 is 14.4 Å². The normalized spacial score (nSPS) is 11.1. The number of halogens is 1. The highest BCUT2D eigenvalue weighted by Gasteiger charge is 2.10. The zero-order valence-corrected chi connectivity index (χ0v) is 14.7. The Hall–Kier alpha value is -2.67. The topological polar surface area (TPSA) is 74.0 Å². The van der Waals surface area contributed by atoms with Crippen LogP contribution in [0.2, 0.25) is 0 Å². The number of nitro benzene ring substituents is 1. The zero-order chi connectivity index (χ0) is 17.5. The Balaban J connectivity index is 2.13. The summed E-state index contributed by atoms with van der Waals surface area (Å²) in [5, 5.41) is 10.9. The molecule has 0 unspecified atom stereocenters. The maximum absolute atomic E-state index is 10.9. The zero-order valence-electron chi connectivity index (χ0n) is 13.1. The van der Waals surface area contributed by atoms with Gasteiger partial charge in [-0.15, -0.1) is 0 Å². The fourth-order valence-electron chi connectivity index (χ4n) is 1.96. The van der Waals surface area contributed by atoms with Crippen molar-refractivity contribution in [3.63, 3.8) is 0 Å². The largest absolute Gasteiger partial charge is 0.493 e. The molecule has 0 fully saturated rings. The van der Waals surface area contributed by atoms with Crippen LogP contribution in [0, 0.1) is 10.1 Å². The molecule has 0 saturated heterocycles. The first-order chi connectivity index (χ1) is 11.5. The molecule has 0 aliphatic rings. The number of hydrogen-bond donors (Lipinski definition) is 0. The first-order valence-corrected chi connectivity index (χ1v) is 7.71. The molecule has 124 valence electrons. The Kier molecular flexibility index (Phi) is 6.08. The third-order valence-corrected chi connectivity index (χ3v) is 3.80. The van der Waals surface area contributed by atoms with Gasteiger partial charge in [-0.25, -0.2) is 0 Å². The second-order valence-corrected chi connectivity index (χ2v) is 5.50. The predicted octanol–water partition coefficient (Wildman–Crippen LogP) is 4.79. The lowest BCUT2D eigenvalue weighted by molar-refractivity contribution is -0.385. The Bertz CT molecular complexity index is 803. The van der Waals surface area contributed by atoms with E-state index in [1.54, 1.807) is 62.9 Å². The number of allylic oxidation sites excluding steroid dienone is 1. The SMILES string of the molecule is COc1ccc(N=C/C=C/c2ccc(Br)c([N+](=O)[O-])c2)cc1OC. The van der Waals surface area contributed by atoms with Gasteiger partial charge >= 0.3 is 0 Å². The van der Waals surface area contributed by atoms with Gasteiger partial charge in [-0.2, -0.15) is 0 Å². The molecule has 2 aromatic carbocycles. The molecular weight excluding hydrogens is 376 g/mol. The quantitative estimate of drug-likeness (QED) is 0.403. The molecule has 2 aromatic rings. The van der Waals surface area contributed by atoms with E-state index in [0.29, 0.717) is 27.2 Å². The molecule has 0 spiro atoms. The van der Waals surface area contributed by atoms with E-state index in [2.05, 4.69) is 20.9 Å². The molecule has 0 bridgehead atoms. The second-order valence-electron chi connectivity index (χ2n) is 4.64. The van der Waals surface area contributed by atoms with Crippen molar-refractivity contribution in [3.8, 4) is 11.5 Å². The third-order valence-electron chi connectivity index (χ3n) is 3.13. The molecule has 0 heterocycles. The number of rotatable bonds is 6. The van der Waals surface area contributed by atoms with Crippen LogP contribution < -0.4 is 9.47 Å². The number of ether oxygens (including phenoxy) is 2. The number of nitro groups is 1. The van der Waals surface area contributed by atoms with Crippen molar-refractivity contribution in [1.29, 1.82) is 0 Å². The van der Waals surface area contributed by atoms with E-state index < -0.39 is 4.92 Å². The average molecular weight is 391 g/mol. The molecule has 0 atom stereocenters. The minimum absolute atomic E-state index is 0.0222. The summed E-state index contributed by atoms with van der Waals surface area (Å²) in [4.78, 5) is 14.8. The van der Waals surface area contributed by atoms with E-state index >= 15 is 0 Å². The van der Waals surface area contributed by atoms with Crippen LogP contribution in [0.4, 0.5) is 11.4 Å². The third kappa shape index (κ3) is 4.42. The van der Waals surface area contributed by atoms with Crippen LogP contribution in [0.5, 0.6) is 11.5 Å². The Labute approximate surface area is 147 Å². The molecule has 0 aliphatic heterocycles. The standard InChI is InChI=1S/C17H15BrN2O4/c1-23-16-8-6-13(11-17(16)24-2)19-9-3-4-12-5-7-14(18)15(10-12)20(21)22/h3-11H,1-2H3/b4-3+,19-9?. The van der Waals surface area contributed by atoms with Crippen molar-refractivity contribution >= 4 is 39.6 Å². The minimum Gasteiger partial charge on any atom is -0.493 e. The summed E-state index contributed by atoms with van der Waals surface area (Å²) >= 11 is 3.15. The van der Waals surface area contributed by atoms with Gasteiger partial charge in [0.1, 0.15) is 0 Å². The molecule has 0 aliphatic carbocycles. The van der Waals surface area contributed by atoms with E-state index in [0.717, 1.165) is 0 Å². The van der Waals surface area contributed by atoms with E-state index in [1.165, 1.54) is 6.07 Å². The van der Waals surface area contributed by atoms with Gasteiger partial charge in [0, 0.05) is 18.3 Å². The van der Waals surface area contributed by atoms with Gasteiger partial charge in [0.15, 0.2) is 11.5 Å². The van der Waals surface area contributed by atoms with E-state index in [1.807, 2.05) is 0 Å². The molecule has 0 saturated carbocycles. The number of methoxy groups -OCH3 is 2. The monoisotopic (exact) mass is 390 g/mol. The fourth-order valence-corrected chi connectivity index (χ4v) is 2.35. The maximum atomic E-state index is 10.9. The van der Waals surface area contributed by atoms with Crippen molar-refractivity contribution in [1.82, 2.24) is 0 Å². The van der Waals surface area contributed by atoms with Crippen LogP contribution in [0.1, 0.15) is 5.56 Å². The summed E-state index contributed by atoms with van der Waals surface area (Å²) in [7, 11) is 3.13. The molecule has 24 heavy (non-hydrogen) atoms. The van der Waals surface area contributed by atoms with Crippen LogP contribution in [0.3, 0.4) is 0 Å². The summed E-state index contributed by atoms with van der Waals surface area (Å²) in [6, 6.07) is 10.2. The van der Waals surface area contributed by atoms with Crippen LogP contribution in [-0.4, -0.2) is 25.4 Å². The predicted molar refractivity (Wildman–Crippen MR) is 97.5 cm³/mol. The van der Waals surface area contributed by atoms with Gasteiger partial charge in [0.25, 0.3) is 5.69 Å². The molecule has 0 radical (unpaired) electrons. The summed E-state index contributed by atoms with van der Waals surface area (Å²) in [6.45, 7) is 0. The first-order valence-electron chi connectivity index (χ1n) is 6.92. The van der Waals surface area contributed by atoms with Crippen molar-refractivity contribution in [2.45, 2.75) is 0 Å². The molecule has 0 amide bonds.